The summed E-state index contributed by atoms with van der Waals surface area (Å²) in [4.78, 5) is 28.1. The number of nitro groups is 1. The molecule has 10 heteroatoms. The first-order valence-electron chi connectivity index (χ1n) is 10.4. The van der Waals surface area contributed by atoms with Crippen molar-refractivity contribution in [3.63, 3.8) is 0 Å². The third kappa shape index (κ3) is 4.21. The third-order valence-electron chi connectivity index (χ3n) is 5.16. The largest absolute Gasteiger partial charge is 0.467 e. The molecule has 0 atom stereocenters. The van der Waals surface area contributed by atoms with Gasteiger partial charge in [-0.3, -0.25) is 10.1 Å². The van der Waals surface area contributed by atoms with Gasteiger partial charge in [0.15, 0.2) is 12.6 Å². The van der Waals surface area contributed by atoms with Crippen molar-refractivity contribution in [3.05, 3.63) is 99.9 Å². The van der Waals surface area contributed by atoms with Gasteiger partial charge < -0.3 is 14.2 Å². The Morgan fingerprint density at radius 3 is 2.56 bits per heavy atom. The molecule has 10 nitrogen and oxygen atoms in total. The Bertz CT molecular complexity index is 1300. The molecular weight excluding hydrogens is 440 g/mol. The fraction of sp³-hybridized carbons (Fsp3) is 0.125. The minimum atomic E-state index is -0.765. The van der Waals surface area contributed by atoms with E-state index in [0.29, 0.717) is 22.7 Å². The highest BCUT2D eigenvalue weighted by Gasteiger charge is 2.24. The molecule has 0 radical (unpaired) electrons. The van der Waals surface area contributed by atoms with Crippen LogP contribution in [-0.4, -0.2) is 32.5 Å². The number of nitrogens with zero attached hydrogens (tertiary/aromatic N) is 4. The highest BCUT2D eigenvalue weighted by molar-refractivity contribution is 5.86. The van der Waals surface area contributed by atoms with Gasteiger partial charge in [-0.1, -0.05) is 48.5 Å². The minimum absolute atomic E-state index is 0.00916. The van der Waals surface area contributed by atoms with Gasteiger partial charge in [-0.05, 0) is 12.1 Å². The second kappa shape index (κ2) is 9.12. The maximum Gasteiger partial charge on any atom is 0.378 e. The van der Waals surface area contributed by atoms with Gasteiger partial charge in [-0.2, -0.15) is 0 Å². The summed E-state index contributed by atoms with van der Waals surface area (Å²) >= 11 is 0. The van der Waals surface area contributed by atoms with Gasteiger partial charge in [0, 0.05) is 28.8 Å². The average molecular weight is 458 g/mol. The molecule has 0 unspecified atom stereocenters. The van der Waals surface area contributed by atoms with Gasteiger partial charge in [0.05, 0.1) is 17.2 Å². The smallest absolute Gasteiger partial charge is 0.378 e. The molecule has 1 aliphatic rings. The van der Waals surface area contributed by atoms with Crippen molar-refractivity contribution in [2.75, 3.05) is 6.79 Å². The molecule has 0 bridgehead atoms. The number of aromatic nitrogens is 3. The normalized spacial score (nSPS) is 12.5. The number of fused-ring (bicyclic) bond motifs is 1. The number of esters is 1. The van der Waals surface area contributed by atoms with Crippen LogP contribution in [0.25, 0.3) is 17.1 Å². The lowest BCUT2D eigenvalue weighted by atomic mass is 10.1. The van der Waals surface area contributed by atoms with E-state index in [1.54, 1.807) is 4.68 Å². The van der Waals surface area contributed by atoms with Crippen molar-refractivity contribution in [1.29, 1.82) is 0 Å². The first kappa shape index (κ1) is 21.3. The zero-order valence-corrected chi connectivity index (χ0v) is 17.8. The molecule has 0 spiro atoms. The fourth-order valence-electron chi connectivity index (χ4n) is 3.62. The van der Waals surface area contributed by atoms with Gasteiger partial charge in [0.25, 0.3) is 11.5 Å². The molecule has 4 aromatic rings. The molecule has 0 aliphatic carbocycles. The van der Waals surface area contributed by atoms with E-state index < -0.39 is 10.9 Å². The highest BCUT2D eigenvalue weighted by atomic mass is 16.7. The first-order valence-corrected chi connectivity index (χ1v) is 10.4. The van der Waals surface area contributed by atoms with Crippen LogP contribution in [0.4, 0.5) is 5.69 Å². The van der Waals surface area contributed by atoms with Crippen LogP contribution in [-0.2, 0) is 22.7 Å². The van der Waals surface area contributed by atoms with Crippen LogP contribution in [0.3, 0.4) is 0 Å². The van der Waals surface area contributed by atoms with Crippen molar-refractivity contribution < 1.29 is 23.9 Å². The number of non-ortho nitro benzene ring substituents is 1. The summed E-state index contributed by atoms with van der Waals surface area (Å²) in [5.74, 6) is -0.00482. The van der Waals surface area contributed by atoms with Crippen molar-refractivity contribution in [3.8, 4) is 22.8 Å². The van der Waals surface area contributed by atoms with E-state index in [1.165, 1.54) is 12.1 Å². The molecule has 1 aromatic heterocycles. The molecule has 170 valence electrons. The van der Waals surface area contributed by atoms with Crippen molar-refractivity contribution in [1.82, 2.24) is 14.8 Å². The molecule has 0 saturated carbocycles. The Morgan fingerprint density at radius 1 is 1.09 bits per heavy atom. The molecule has 3 aromatic carbocycles. The van der Waals surface area contributed by atoms with Crippen LogP contribution >= 0.6 is 0 Å². The number of carbonyl (C=O) groups excluding carboxylic acids is 1. The van der Waals surface area contributed by atoms with E-state index >= 15 is 0 Å². The molecular formula is C24H18N4O6. The topological polar surface area (TPSA) is 119 Å². The number of hydrogen-bond acceptors (Lipinski definition) is 8. The second-order valence-electron chi connectivity index (χ2n) is 7.41. The molecule has 0 amide bonds. The first-order chi connectivity index (χ1) is 16.6. The van der Waals surface area contributed by atoms with Crippen LogP contribution < -0.4 is 4.74 Å². The molecule has 0 N–H and O–H groups in total. The van der Waals surface area contributed by atoms with E-state index in [4.69, 9.17) is 14.2 Å². The maximum atomic E-state index is 12.9. The van der Waals surface area contributed by atoms with E-state index in [-0.39, 0.29) is 31.5 Å². The Kier molecular flexibility index (Phi) is 5.71. The molecule has 0 fully saturated rings. The predicted octanol–water partition coefficient (Wildman–Crippen LogP) is 4.07. The lowest BCUT2D eigenvalue weighted by Crippen LogP contribution is -2.15. The van der Waals surface area contributed by atoms with Crippen molar-refractivity contribution >= 4 is 11.7 Å². The van der Waals surface area contributed by atoms with Gasteiger partial charge >= 0.3 is 5.97 Å². The standard InChI is InChI=1S/C24H18N4O6/c29-24(33-14-18-12-20(28(30)31)11-17-13-32-15-34-21(17)18)22-25-23(16-7-3-1-4-8-16)27(26-22)19-9-5-2-6-10-19/h1-12H,13-15H2. The van der Waals surface area contributed by atoms with Crippen LogP contribution in [0, 0.1) is 10.1 Å². The summed E-state index contributed by atoms with van der Waals surface area (Å²) in [6.45, 7) is -0.0694. The summed E-state index contributed by atoms with van der Waals surface area (Å²) < 4.78 is 17.7. The van der Waals surface area contributed by atoms with Crippen LogP contribution in [0.2, 0.25) is 0 Å². The Morgan fingerprint density at radius 2 is 1.82 bits per heavy atom. The number of ether oxygens (including phenoxy) is 3. The quantitative estimate of drug-likeness (QED) is 0.241. The number of carbonyl (C=O) groups is 1. The van der Waals surface area contributed by atoms with Gasteiger partial charge in [0.2, 0.25) is 0 Å². The number of hydrogen-bond donors (Lipinski definition) is 0. The number of rotatable bonds is 6. The second-order valence-corrected chi connectivity index (χ2v) is 7.41. The van der Waals surface area contributed by atoms with Gasteiger partial charge in [-0.15, -0.1) is 5.10 Å². The zero-order valence-electron chi connectivity index (χ0n) is 17.8. The fourth-order valence-corrected chi connectivity index (χ4v) is 3.62. The van der Waals surface area contributed by atoms with Gasteiger partial charge in [-0.25, -0.2) is 14.5 Å². The summed E-state index contributed by atoms with van der Waals surface area (Å²) in [6.07, 6.45) is 0. The number of benzene rings is 3. The van der Waals surface area contributed by atoms with E-state index in [1.807, 2.05) is 60.7 Å². The lowest BCUT2D eigenvalue weighted by molar-refractivity contribution is -0.385. The summed E-state index contributed by atoms with van der Waals surface area (Å²) in [7, 11) is 0. The highest BCUT2D eigenvalue weighted by Crippen LogP contribution is 2.33. The van der Waals surface area contributed by atoms with Crippen molar-refractivity contribution in [2.45, 2.75) is 13.2 Å². The summed E-state index contributed by atoms with van der Waals surface area (Å²) in [6, 6.07) is 21.4. The van der Waals surface area contributed by atoms with Crippen LogP contribution in [0.15, 0.2) is 72.8 Å². The molecule has 2 heterocycles. The maximum absolute atomic E-state index is 12.9. The van der Waals surface area contributed by atoms with E-state index in [9.17, 15) is 14.9 Å². The Balaban J connectivity index is 1.45. The number of para-hydroxylation sites is 1. The monoisotopic (exact) mass is 458 g/mol. The van der Waals surface area contributed by atoms with Crippen molar-refractivity contribution in [2.24, 2.45) is 0 Å². The van der Waals surface area contributed by atoms with Crippen LogP contribution in [0.1, 0.15) is 21.7 Å². The van der Waals surface area contributed by atoms with E-state index in [0.717, 1.165) is 11.3 Å². The summed E-state index contributed by atoms with van der Waals surface area (Å²) in [5.41, 5.74) is 2.25. The average Bonchev–Trinajstić information content (AvgIpc) is 3.34. The zero-order chi connectivity index (χ0) is 23.5. The Hall–Kier alpha value is -4.57. The van der Waals surface area contributed by atoms with E-state index in [2.05, 4.69) is 10.1 Å². The SMILES string of the molecule is O=C(OCc1cc([N+](=O)[O-])cc2c1OCOC2)c1nc(-c2ccccc2)n(-c2ccccc2)n1. The Labute approximate surface area is 193 Å². The lowest BCUT2D eigenvalue weighted by Gasteiger charge is -2.20. The molecule has 34 heavy (non-hydrogen) atoms. The third-order valence-corrected chi connectivity index (χ3v) is 5.16. The molecule has 5 rings (SSSR count). The van der Waals surface area contributed by atoms with Gasteiger partial charge in [0.1, 0.15) is 12.4 Å². The molecule has 1 aliphatic heterocycles. The molecule has 0 saturated heterocycles. The number of nitro benzene ring substituents is 1. The minimum Gasteiger partial charge on any atom is -0.467 e. The summed E-state index contributed by atoms with van der Waals surface area (Å²) in [5, 5.41) is 15.7. The van der Waals surface area contributed by atoms with Crippen LogP contribution in [0.5, 0.6) is 5.75 Å². The predicted molar refractivity (Wildman–Crippen MR) is 119 cm³/mol.